The van der Waals surface area contributed by atoms with Crippen LogP contribution in [0.3, 0.4) is 0 Å². The number of nitrogens with two attached hydrogens (primary N) is 1. The Labute approximate surface area is 105 Å². The first kappa shape index (κ1) is 12.3. The maximum atomic E-state index is 5.62. The Morgan fingerprint density at radius 1 is 1.35 bits per heavy atom. The minimum atomic E-state index is 0.670. The van der Waals surface area contributed by atoms with E-state index in [9.17, 15) is 0 Å². The van der Waals surface area contributed by atoms with Crippen LogP contribution in [0.2, 0.25) is 0 Å². The van der Waals surface area contributed by atoms with Crippen LogP contribution in [0.15, 0.2) is 5.38 Å². The van der Waals surface area contributed by atoms with E-state index < -0.39 is 0 Å². The highest BCUT2D eigenvalue weighted by atomic mass is 32.1. The lowest BCUT2D eigenvalue weighted by Gasteiger charge is -2.02. The number of hydrogen-bond donors (Lipinski definition) is 1. The van der Waals surface area contributed by atoms with Crippen molar-refractivity contribution in [2.24, 2.45) is 5.73 Å². The van der Waals surface area contributed by atoms with Gasteiger partial charge in [-0.15, -0.1) is 11.3 Å². The summed E-state index contributed by atoms with van der Waals surface area (Å²) < 4.78 is 2.03. The van der Waals surface area contributed by atoms with E-state index in [-0.39, 0.29) is 0 Å². The van der Waals surface area contributed by atoms with Gasteiger partial charge < -0.3 is 5.73 Å². The molecule has 0 aromatic carbocycles. The fourth-order valence-electron chi connectivity index (χ4n) is 2.00. The van der Waals surface area contributed by atoms with Crippen LogP contribution >= 0.6 is 11.3 Å². The molecule has 4 nitrogen and oxygen atoms in total. The van der Waals surface area contributed by atoms with Gasteiger partial charge in [0, 0.05) is 16.8 Å². The van der Waals surface area contributed by atoms with Gasteiger partial charge in [-0.2, -0.15) is 5.10 Å². The van der Waals surface area contributed by atoms with Gasteiger partial charge >= 0.3 is 0 Å². The first-order valence-corrected chi connectivity index (χ1v) is 6.63. The zero-order valence-corrected chi connectivity index (χ0v) is 11.3. The molecule has 2 heterocycles. The zero-order valence-electron chi connectivity index (χ0n) is 10.5. The molecule has 2 N–H and O–H groups in total. The van der Waals surface area contributed by atoms with Gasteiger partial charge in [-0.3, -0.25) is 4.68 Å². The number of hydrogen-bond acceptors (Lipinski definition) is 4. The Kier molecular flexibility index (Phi) is 3.59. The highest BCUT2D eigenvalue weighted by Gasteiger charge is 2.11. The van der Waals surface area contributed by atoms with E-state index in [0.29, 0.717) is 6.54 Å². The van der Waals surface area contributed by atoms with E-state index in [1.54, 1.807) is 11.3 Å². The Balaban J connectivity index is 2.24. The molecule has 0 bridgehead atoms. The van der Waals surface area contributed by atoms with Gasteiger partial charge in [0.05, 0.1) is 12.2 Å². The lowest BCUT2D eigenvalue weighted by atomic mass is 10.1. The normalized spacial score (nSPS) is 11.1. The first-order chi connectivity index (χ1) is 8.11. The van der Waals surface area contributed by atoms with Crippen molar-refractivity contribution in [1.82, 2.24) is 14.8 Å². The third kappa shape index (κ3) is 2.56. The van der Waals surface area contributed by atoms with E-state index in [0.717, 1.165) is 29.4 Å². The second kappa shape index (κ2) is 4.98. The van der Waals surface area contributed by atoms with E-state index in [1.165, 1.54) is 11.3 Å². The molecule has 0 radical (unpaired) electrons. The molecule has 0 atom stereocenters. The molecule has 2 rings (SSSR count). The van der Waals surface area contributed by atoms with Crippen molar-refractivity contribution in [3.8, 4) is 0 Å². The molecule has 0 aliphatic heterocycles. The fraction of sp³-hybridized carbons (Fsp3) is 0.500. The van der Waals surface area contributed by atoms with E-state index >= 15 is 0 Å². The maximum Gasteiger partial charge on any atom is 0.114 e. The summed E-state index contributed by atoms with van der Waals surface area (Å²) >= 11 is 1.68. The van der Waals surface area contributed by atoms with Crippen LogP contribution in [0.1, 0.15) is 27.7 Å². The van der Waals surface area contributed by atoms with E-state index in [4.69, 9.17) is 5.73 Å². The summed E-state index contributed by atoms with van der Waals surface area (Å²) in [6, 6.07) is 0. The number of rotatable bonds is 4. The van der Waals surface area contributed by atoms with Gasteiger partial charge in [-0.1, -0.05) is 0 Å². The van der Waals surface area contributed by atoms with Crippen molar-refractivity contribution in [3.05, 3.63) is 33.0 Å². The van der Waals surface area contributed by atoms with Crippen molar-refractivity contribution >= 4 is 11.3 Å². The van der Waals surface area contributed by atoms with Crippen LogP contribution in [0, 0.1) is 20.8 Å². The van der Waals surface area contributed by atoms with E-state index in [2.05, 4.69) is 22.4 Å². The van der Waals surface area contributed by atoms with Crippen LogP contribution in [0.5, 0.6) is 0 Å². The van der Waals surface area contributed by atoms with Crippen LogP contribution in [-0.4, -0.2) is 21.3 Å². The molecule has 0 unspecified atom stereocenters. The topological polar surface area (TPSA) is 56.7 Å². The summed E-state index contributed by atoms with van der Waals surface area (Å²) in [5, 5.41) is 7.74. The third-order valence-corrected chi connectivity index (χ3v) is 3.83. The van der Waals surface area contributed by atoms with Crippen LogP contribution < -0.4 is 5.73 Å². The molecule has 0 fully saturated rings. The molecule has 0 saturated heterocycles. The van der Waals surface area contributed by atoms with Crippen molar-refractivity contribution in [2.75, 3.05) is 6.54 Å². The number of aryl methyl sites for hydroxylation is 2. The van der Waals surface area contributed by atoms with Gasteiger partial charge in [-0.05, 0) is 39.3 Å². The molecule has 5 heteroatoms. The number of aromatic nitrogens is 3. The minimum absolute atomic E-state index is 0.670. The summed E-state index contributed by atoms with van der Waals surface area (Å²) in [5.41, 5.74) is 10.3. The Hall–Kier alpha value is -1.20. The monoisotopic (exact) mass is 250 g/mol. The van der Waals surface area contributed by atoms with Crippen LogP contribution in [-0.2, 0) is 13.0 Å². The predicted molar refractivity (Wildman–Crippen MR) is 70.4 cm³/mol. The van der Waals surface area contributed by atoms with Gasteiger partial charge in [0.2, 0.25) is 0 Å². The Morgan fingerprint density at radius 3 is 2.71 bits per heavy atom. The Morgan fingerprint density at radius 2 is 2.12 bits per heavy atom. The van der Waals surface area contributed by atoms with Crippen LogP contribution in [0.4, 0.5) is 0 Å². The van der Waals surface area contributed by atoms with Gasteiger partial charge in [0.1, 0.15) is 5.01 Å². The second-order valence-electron chi connectivity index (χ2n) is 4.23. The average molecular weight is 250 g/mol. The van der Waals surface area contributed by atoms with Crippen molar-refractivity contribution in [1.29, 1.82) is 0 Å². The molecule has 92 valence electrons. The smallest absolute Gasteiger partial charge is 0.114 e. The van der Waals surface area contributed by atoms with Crippen molar-refractivity contribution in [3.63, 3.8) is 0 Å². The molecule has 0 spiro atoms. The van der Waals surface area contributed by atoms with E-state index in [1.807, 2.05) is 18.5 Å². The third-order valence-electron chi connectivity index (χ3n) is 2.88. The molecular weight excluding hydrogens is 232 g/mol. The largest absolute Gasteiger partial charge is 0.330 e. The summed E-state index contributed by atoms with van der Waals surface area (Å²) in [6.45, 7) is 7.59. The SMILES string of the molecule is Cc1csc(Cn2nc(C)c(CCN)c2C)n1. The number of nitrogens with zero attached hydrogens (tertiary/aromatic N) is 3. The molecule has 2 aromatic heterocycles. The molecule has 2 aromatic rings. The molecule has 0 aliphatic carbocycles. The van der Waals surface area contributed by atoms with Crippen molar-refractivity contribution in [2.45, 2.75) is 33.7 Å². The standard InChI is InChI=1S/C12H18N4S/c1-8-7-17-12(14-8)6-16-10(3)11(4-5-13)9(2)15-16/h7H,4-6,13H2,1-3H3. The quantitative estimate of drug-likeness (QED) is 0.900. The zero-order chi connectivity index (χ0) is 12.4. The summed E-state index contributed by atoms with van der Waals surface area (Å²) in [4.78, 5) is 4.46. The molecule has 0 saturated carbocycles. The van der Waals surface area contributed by atoms with Crippen molar-refractivity contribution < 1.29 is 0 Å². The molecule has 17 heavy (non-hydrogen) atoms. The first-order valence-electron chi connectivity index (χ1n) is 5.75. The van der Waals surface area contributed by atoms with Gasteiger partial charge in [0.15, 0.2) is 0 Å². The summed E-state index contributed by atoms with van der Waals surface area (Å²) in [6.07, 6.45) is 0.897. The van der Waals surface area contributed by atoms with Gasteiger partial charge in [-0.25, -0.2) is 4.98 Å². The maximum absolute atomic E-state index is 5.62. The molecular formula is C12H18N4S. The lowest BCUT2D eigenvalue weighted by Crippen LogP contribution is -2.06. The minimum Gasteiger partial charge on any atom is -0.330 e. The lowest BCUT2D eigenvalue weighted by molar-refractivity contribution is 0.654. The Bertz CT molecular complexity index is 513. The molecule has 0 aliphatic rings. The highest BCUT2D eigenvalue weighted by molar-refractivity contribution is 7.09. The van der Waals surface area contributed by atoms with Crippen LogP contribution in [0.25, 0.3) is 0 Å². The predicted octanol–water partition coefficient (Wildman–Crippen LogP) is 1.81. The summed E-state index contributed by atoms with van der Waals surface area (Å²) in [7, 11) is 0. The highest BCUT2D eigenvalue weighted by Crippen LogP contribution is 2.16. The molecule has 0 amide bonds. The second-order valence-corrected chi connectivity index (χ2v) is 5.17. The summed E-state index contributed by atoms with van der Waals surface area (Å²) in [5.74, 6) is 0. The fourth-order valence-corrected chi connectivity index (χ4v) is 2.75. The van der Waals surface area contributed by atoms with Gasteiger partial charge in [0.25, 0.3) is 0 Å². The average Bonchev–Trinajstić information content (AvgIpc) is 2.79. The number of thiazole rings is 1.